The lowest BCUT2D eigenvalue weighted by Gasteiger charge is -2.37. The standard InChI is InChI=1S/C20H23F3IN3OS/c21-20(22,23)14-10-15-17(16(24)11-14)29-19(25-18(15)28)27-8-6-26(7-9-27)12-13-4-2-1-3-5-13/h10-11,13H,1-9,12H2. The molecule has 1 aliphatic carbocycles. The van der Waals surface area contributed by atoms with Crippen LogP contribution in [0, 0.1) is 9.49 Å². The molecule has 0 atom stereocenters. The Morgan fingerprint density at radius 2 is 1.79 bits per heavy atom. The second-order valence-electron chi connectivity index (χ2n) is 7.93. The molecule has 1 saturated carbocycles. The number of piperazine rings is 1. The summed E-state index contributed by atoms with van der Waals surface area (Å²) in [5.41, 5.74) is -1.38. The van der Waals surface area contributed by atoms with Crippen LogP contribution in [-0.2, 0) is 6.18 Å². The molecule has 1 saturated heterocycles. The highest BCUT2D eigenvalue weighted by atomic mass is 127. The number of hydrogen-bond acceptors (Lipinski definition) is 5. The van der Waals surface area contributed by atoms with E-state index in [1.54, 1.807) is 0 Å². The molecule has 9 heteroatoms. The summed E-state index contributed by atoms with van der Waals surface area (Å²) in [7, 11) is 0. The Hall–Kier alpha value is -0.940. The first kappa shape index (κ1) is 21.3. The molecule has 4 nitrogen and oxygen atoms in total. The van der Waals surface area contributed by atoms with Crippen molar-refractivity contribution < 1.29 is 13.2 Å². The molecule has 2 fully saturated rings. The van der Waals surface area contributed by atoms with Crippen LogP contribution in [0.15, 0.2) is 16.9 Å². The molecule has 29 heavy (non-hydrogen) atoms. The fourth-order valence-corrected chi connectivity index (χ4v) is 6.26. The Balaban J connectivity index is 1.50. The van der Waals surface area contributed by atoms with Gasteiger partial charge < -0.3 is 4.90 Å². The summed E-state index contributed by atoms with van der Waals surface area (Å²) >= 11 is 3.19. The zero-order valence-corrected chi connectivity index (χ0v) is 18.9. The highest BCUT2D eigenvalue weighted by molar-refractivity contribution is 14.1. The molecule has 0 bridgehead atoms. The van der Waals surface area contributed by atoms with E-state index >= 15 is 0 Å². The van der Waals surface area contributed by atoms with Gasteiger partial charge in [-0.2, -0.15) is 18.2 Å². The van der Waals surface area contributed by atoms with Gasteiger partial charge in [-0.3, -0.25) is 9.69 Å². The number of nitrogens with zero attached hydrogens (tertiary/aromatic N) is 3. The van der Waals surface area contributed by atoms with E-state index in [0.717, 1.165) is 50.8 Å². The van der Waals surface area contributed by atoms with E-state index in [1.165, 1.54) is 43.4 Å². The molecule has 0 radical (unpaired) electrons. The SMILES string of the molecule is O=c1nc(N2CCN(CC3CCCCC3)CC2)sc2c(I)cc(C(F)(F)F)cc12. The molecule has 1 aliphatic heterocycles. The molecular weight excluding hydrogens is 514 g/mol. The van der Waals surface area contributed by atoms with E-state index in [1.807, 2.05) is 22.6 Å². The first-order valence-electron chi connectivity index (χ1n) is 10.00. The van der Waals surface area contributed by atoms with Crippen molar-refractivity contribution in [3.8, 4) is 0 Å². The third kappa shape index (κ3) is 4.87. The van der Waals surface area contributed by atoms with Crippen molar-refractivity contribution in [1.82, 2.24) is 9.88 Å². The molecule has 0 unspecified atom stereocenters. The van der Waals surface area contributed by atoms with Gasteiger partial charge in [-0.25, -0.2) is 0 Å². The quantitative estimate of drug-likeness (QED) is 0.518. The fourth-order valence-electron chi connectivity index (χ4n) is 4.27. The Labute approximate surface area is 185 Å². The first-order valence-corrected chi connectivity index (χ1v) is 11.9. The zero-order valence-electron chi connectivity index (χ0n) is 16.0. The number of anilines is 1. The second-order valence-corrected chi connectivity index (χ2v) is 10.1. The maximum atomic E-state index is 13.1. The van der Waals surface area contributed by atoms with Crippen LogP contribution >= 0.6 is 33.9 Å². The number of benzene rings is 1. The minimum absolute atomic E-state index is 0.0499. The maximum Gasteiger partial charge on any atom is 0.416 e. The molecule has 2 aliphatic rings. The summed E-state index contributed by atoms with van der Waals surface area (Å²) in [6.45, 7) is 4.59. The lowest BCUT2D eigenvalue weighted by Crippen LogP contribution is -2.48. The Bertz CT molecular complexity index is 935. The normalized spacial score (nSPS) is 19.8. The van der Waals surface area contributed by atoms with Gasteiger partial charge in [0.1, 0.15) is 0 Å². The molecule has 0 N–H and O–H groups in total. The molecule has 158 valence electrons. The summed E-state index contributed by atoms with van der Waals surface area (Å²) < 4.78 is 40.2. The molecule has 0 amide bonds. The summed E-state index contributed by atoms with van der Waals surface area (Å²) in [6.07, 6.45) is 2.22. The van der Waals surface area contributed by atoms with E-state index in [2.05, 4.69) is 14.8 Å². The smallest absolute Gasteiger partial charge is 0.345 e. The molecule has 4 rings (SSSR count). The average molecular weight is 537 g/mol. The van der Waals surface area contributed by atoms with Gasteiger partial charge in [0.15, 0.2) is 5.13 Å². The van der Waals surface area contributed by atoms with Gasteiger partial charge in [-0.15, -0.1) is 0 Å². The van der Waals surface area contributed by atoms with Crippen LogP contribution in [0.25, 0.3) is 10.1 Å². The first-order chi connectivity index (χ1) is 13.8. The largest absolute Gasteiger partial charge is 0.416 e. The number of halogens is 4. The van der Waals surface area contributed by atoms with Crippen molar-refractivity contribution in [1.29, 1.82) is 0 Å². The summed E-state index contributed by atoms with van der Waals surface area (Å²) in [5, 5.41) is 0.659. The van der Waals surface area contributed by atoms with Crippen molar-refractivity contribution in [2.75, 3.05) is 37.6 Å². The van der Waals surface area contributed by atoms with E-state index in [-0.39, 0.29) is 5.39 Å². The number of alkyl halides is 3. The highest BCUT2D eigenvalue weighted by Crippen LogP contribution is 2.36. The fraction of sp³-hybridized carbons (Fsp3) is 0.600. The maximum absolute atomic E-state index is 13.1. The van der Waals surface area contributed by atoms with Crippen LogP contribution in [0.1, 0.15) is 37.7 Å². The lowest BCUT2D eigenvalue weighted by molar-refractivity contribution is -0.137. The molecular formula is C20H23F3IN3OS. The van der Waals surface area contributed by atoms with Crippen LogP contribution in [0.5, 0.6) is 0 Å². The Kier molecular flexibility index (Phi) is 6.36. The van der Waals surface area contributed by atoms with Gasteiger partial charge in [0.25, 0.3) is 5.56 Å². The van der Waals surface area contributed by atoms with Gasteiger partial charge in [0, 0.05) is 36.3 Å². The monoisotopic (exact) mass is 537 g/mol. The van der Waals surface area contributed by atoms with Crippen molar-refractivity contribution in [2.45, 2.75) is 38.3 Å². The van der Waals surface area contributed by atoms with E-state index < -0.39 is 17.3 Å². The van der Waals surface area contributed by atoms with Crippen LogP contribution < -0.4 is 10.5 Å². The van der Waals surface area contributed by atoms with Crippen molar-refractivity contribution >= 4 is 49.1 Å². The second kappa shape index (κ2) is 8.66. The van der Waals surface area contributed by atoms with E-state index in [0.29, 0.717) is 13.4 Å². The lowest BCUT2D eigenvalue weighted by atomic mass is 9.89. The van der Waals surface area contributed by atoms with E-state index in [4.69, 9.17) is 0 Å². The molecule has 2 heterocycles. The van der Waals surface area contributed by atoms with Crippen LogP contribution in [0.3, 0.4) is 0 Å². The van der Waals surface area contributed by atoms with Gasteiger partial charge in [0.2, 0.25) is 0 Å². The number of aromatic nitrogens is 1. The van der Waals surface area contributed by atoms with Gasteiger partial charge in [0.05, 0.1) is 15.6 Å². The van der Waals surface area contributed by atoms with Crippen LogP contribution in [-0.4, -0.2) is 42.6 Å². The molecule has 1 aromatic heterocycles. The molecule has 0 spiro atoms. The summed E-state index contributed by atoms with van der Waals surface area (Å²) in [4.78, 5) is 21.2. The Morgan fingerprint density at radius 3 is 2.45 bits per heavy atom. The summed E-state index contributed by atoms with van der Waals surface area (Å²) in [6, 6.07) is 2.03. The summed E-state index contributed by atoms with van der Waals surface area (Å²) in [5.74, 6) is 0.801. The minimum Gasteiger partial charge on any atom is -0.345 e. The third-order valence-corrected chi connectivity index (χ3v) is 8.27. The number of hydrogen-bond donors (Lipinski definition) is 0. The topological polar surface area (TPSA) is 36.4 Å². The molecule has 2 aromatic rings. The third-order valence-electron chi connectivity index (χ3n) is 5.88. The van der Waals surface area contributed by atoms with Crippen LogP contribution in [0.2, 0.25) is 0 Å². The average Bonchev–Trinajstić information content (AvgIpc) is 2.69. The van der Waals surface area contributed by atoms with Crippen molar-refractivity contribution in [3.05, 3.63) is 31.6 Å². The van der Waals surface area contributed by atoms with Crippen molar-refractivity contribution in [2.24, 2.45) is 5.92 Å². The predicted octanol–water partition coefficient (Wildman–Crippen LogP) is 4.98. The van der Waals surface area contributed by atoms with E-state index in [9.17, 15) is 18.0 Å². The molecule has 1 aromatic carbocycles. The van der Waals surface area contributed by atoms with Crippen molar-refractivity contribution in [3.63, 3.8) is 0 Å². The van der Waals surface area contributed by atoms with Gasteiger partial charge in [-0.1, -0.05) is 30.6 Å². The van der Waals surface area contributed by atoms with Gasteiger partial charge >= 0.3 is 6.18 Å². The Morgan fingerprint density at radius 1 is 1.10 bits per heavy atom. The number of fused-ring (bicyclic) bond motifs is 1. The highest BCUT2D eigenvalue weighted by Gasteiger charge is 2.32. The zero-order chi connectivity index (χ0) is 20.6. The predicted molar refractivity (Wildman–Crippen MR) is 119 cm³/mol. The number of rotatable bonds is 3. The van der Waals surface area contributed by atoms with Crippen LogP contribution in [0.4, 0.5) is 18.3 Å². The van der Waals surface area contributed by atoms with Gasteiger partial charge in [-0.05, 0) is 53.5 Å². The minimum atomic E-state index is -4.47.